The van der Waals surface area contributed by atoms with Gasteiger partial charge in [0.05, 0.1) is 12.0 Å². The molecule has 132 valence electrons. The van der Waals surface area contributed by atoms with Crippen LogP contribution in [-0.4, -0.2) is 30.7 Å². The van der Waals surface area contributed by atoms with Crippen molar-refractivity contribution in [1.29, 1.82) is 0 Å². The highest BCUT2D eigenvalue weighted by atomic mass is 35.5. The predicted molar refractivity (Wildman–Crippen MR) is 99.8 cm³/mol. The lowest BCUT2D eigenvalue weighted by molar-refractivity contribution is -0.132. The van der Waals surface area contributed by atoms with Gasteiger partial charge in [0.1, 0.15) is 11.7 Å². The van der Waals surface area contributed by atoms with Crippen molar-refractivity contribution in [2.75, 3.05) is 23.7 Å². The fraction of sp³-hybridized carbons (Fsp3) is 0.333. The minimum absolute atomic E-state index is 0.150. The first-order valence-electron chi connectivity index (χ1n) is 8.10. The Bertz CT molecular complexity index is 718. The summed E-state index contributed by atoms with van der Waals surface area (Å²) in [6.07, 6.45) is 2.18. The second-order valence-electron chi connectivity index (χ2n) is 5.73. The van der Waals surface area contributed by atoms with Gasteiger partial charge in [-0.05, 0) is 42.8 Å². The average Bonchev–Trinajstić information content (AvgIpc) is 3.25. The lowest BCUT2D eigenvalue weighted by Gasteiger charge is -2.16. The first-order valence-corrected chi connectivity index (χ1v) is 9.63. The highest BCUT2D eigenvalue weighted by molar-refractivity contribution is 7.98. The molecule has 0 spiro atoms. The molecule has 1 saturated heterocycles. The number of furan rings is 1. The molecule has 0 unspecified atom stereocenters. The van der Waals surface area contributed by atoms with Gasteiger partial charge in [-0.2, -0.15) is 11.8 Å². The summed E-state index contributed by atoms with van der Waals surface area (Å²) in [5, 5.41) is 3.48. The molecule has 3 rings (SSSR count). The lowest BCUT2D eigenvalue weighted by Crippen LogP contribution is -2.37. The van der Waals surface area contributed by atoms with Crippen LogP contribution in [0.5, 0.6) is 0 Å². The number of nitrogens with zero attached hydrogens (tertiary/aromatic N) is 1. The highest BCUT2D eigenvalue weighted by Crippen LogP contribution is 2.26. The van der Waals surface area contributed by atoms with E-state index in [9.17, 15) is 9.59 Å². The van der Waals surface area contributed by atoms with Crippen LogP contribution < -0.4 is 10.2 Å². The molecule has 5 nitrogen and oxygen atoms in total. The predicted octanol–water partition coefficient (Wildman–Crippen LogP) is 3.34. The quantitative estimate of drug-likeness (QED) is 0.593. The molecule has 1 fully saturated rings. The molecule has 0 aliphatic carbocycles. The normalized spacial score (nSPS) is 17.1. The van der Waals surface area contributed by atoms with Crippen molar-refractivity contribution in [2.24, 2.45) is 5.92 Å². The molecular weight excluding hydrogens is 360 g/mol. The zero-order chi connectivity index (χ0) is 17.6. The van der Waals surface area contributed by atoms with Gasteiger partial charge in [0.15, 0.2) is 0 Å². The van der Waals surface area contributed by atoms with E-state index in [0.717, 1.165) is 23.0 Å². The van der Waals surface area contributed by atoms with Crippen molar-refractivity contribution in [2.45, 2.75) is 12.2 Å². The number of carbonyl (C=O) groups is 2. The van der Waals surface area contributed by atoms with E-state index in [1.54, 1.807) is 47.2 Å². The Balaban J connectivity index is 1.43. The van der Waals surface area contributed by atoms with E-state index in [1.807, 2.05) is 12.1 Å². The topological polar surface area (TPSA) is 62.6 Å². The van der Waals surface area contributed by atoms with Crippen molar-refractivity contribution >= 4 is 40.9 Å². The minimum Gasteiger partial charge on any atom is -0.468 e. The zero-order valence-electron chi connectivity index (χ0n) is 13.6. The van der Waals surface area contributed by atoms with Crippen LogP contribution in [0.25, 0.3) is 0 Å². The molecule has 2 amide bonds. The fourth-order valence-corrected chi connectivity index (χ4v) is 3.62. The van der Waals surface area contributed by atoms with E-state index in [-0.39, 0.29) is 11.8 Å². The zero-order valence-corrected chi connectivity index (χ0v) is 15.2. The van der Waals surface area contributed by atoms with E-state index in [0.29, 0.717) is 24.5 Å². The summed E-state index contributed by atoms with van der Waals surface area (Å²) < 4.78 is 5.25. The van der Waals surface area contributed by atoms with Crippen LogP contribution in [0.3, 0.4) is 0 Å². The van der Waals surface area contributed by atoms with Gasteiger partial charge in [-0.15, -0.1) is 0 Å². The van der Waals surface area contributed by atoms with Crippen molar-refractivity contribution in [3.63, 3.8) is 0 Å². The molecule has 7 heteroatoms. The average molecular weight is 379 g/mol. The van der Waals surface area contributed by atoms with Crippen LogP contribution in [0.2, 0.25) is 5.02 Å². The molecular formula is C18H19ClN2O3S. The van der Waals surface area contributed by atoms with Crippen molar-refractivity contribution in [1.82, 2.24) is 5.32 Å². The number of benzene rings is 1. The van der Waals surface area contributed by atoms with Crippen LogP contribution in [-0.2, 0) is 15.3 Å². The maximum atomic E-state index is 12.5. The largest absolute Gasteiger partial charge is 0.468 e. The molecule has 1 atom stereocenters. The van der Waals surface area contributed by atoms with Gasteiger partial charge in [-0.25, -0.2) is 0 Å². The number of rotatable bonds is 7. The smallest absolute Gasteiger partial charge is 0.239 e. The molecule has 1 aromatic heterocycles. The van der Waals surface area contributed by atoms with Crippen LogP contribution >= 0.6 is 23.4 Å². The Labute approximate surface area is 155 Å². The van der Waals surface area contributed by atoms with E-state index in [2.05, 4.69) is 5.32 Å². The lowest BCUT2D eigenvalue weighted by atomic mass is 10.1. The Morgan fingerprint density at radius 3 is 2.84 bits per heavy atom. The van der Waals surface area contributed by atoms with Gasteiger partial charge in [0.25, 0.3) is 0 Å². The third-order valence-electron chi connectivity index (χ3n) is 4.03. The van der Waals surface area contributed by atoms with Crippen molar-refractivity contribution in [3.8, 4) is 0 Å². The van der Waals surface area contributed by atoms with Crippen LogP contribution in [0.1, 0.15) is 12.2 Å². The number of amides is 2. The molecule has 0 bridgehead atoms. The Morgan fingerprint density at radius 2 is 2.12 bits per heavy atom. The number of hydrogen-bond acceptors (Lipinski definition) is 4. The number of halogens is 1. The summed E-state index contributed by atoms with van der Waals surface area (Å²) in [6, 6.07) is 10.9. The molecule has 0 saturated carbocycles. The van der Waals surface area contributed by atoms with Gasteiger partial charge >= 0.3 is 0 Å². The summed E-state index contributed by atoms with van der Waals surface area (Å²) in [5.74, 6) is 1.51. The number of hydrogen-bond donors (Lipinski definition) is 1. The second-order valence-corrected chi connectivity index (χ2v) is 7.27. The molecule has 1 N–H and O–H groups in total. The molecule has 2 heterocycles. The van der Waals surface area contributed by atoms with Gasteiger partial charge in [0.2, 0.25) is 11.8 Å². The first kappa shape index (κ1) is 17.9. The van der Waals surface area contributed by atoms with E-state index in [1.165, 1.54) is 0 Å². The Kier molecular flexibility index (Phi) is 6.04. The van der Waals surface area contributed by atoms with Crippen molar-refractivity contribution in [3.05, 3.63) is 53.4 Å². The van der Waals surface area contributed by atoms with Crippen LogP contribution in [0.15, 0.2) is 47.1 Å². The molecule has 2 aromatic rings. The summed E-state index contributed by atoms with van der Waals surface area (Å²) in [6.45, 7) is 1.08. The maximum Gasteiger partial charge on any atom is 0.239 e. The third-order valence-corrected chi connectivity index (χ3v) is 5.26. The number of anilines is 1. The molecule has 25 heavy (non-hydrogen) atoms. The second kappa shape index (κ2) is 8.45. The fourth-order valence-electron chi connectivity index (χ4n) is 2.74. The number of nitrogens with one attached hydrogen (secondary N) is 1. The molecule has 1 aliphatic heterocycles. The van der Waals surface area contributed by atoms with Crippen LogP contribution in [0.4, 0.5) is 5.69 Å². The van der Waals surface area contributed by atoms with Gasteiger partial charge in [-0.1, -0.05) is 11.6 Å². The van der Waals surface area contributed by atoms with E-state index >= 15 is 0 Å². The SMILES string of the molecule is O=C(NCCSCc1ccco1)[C@@H]1CCN(c2ccc(Cl)cc2)C1=O. The van der Waals surface area contributed by atoms with E-state index in [4.69, 9.17) is 16.0 Å². The third kappa shape index (κ3) is 4.58. The molecule has 1 aliphatic rings. The number of thioether (sulfide) groups is 1. The monoisotopic (exact) mass is 378 g/mol. The summed E-state index contributed by atoms with van der Waals surface area (Å²) >= 11 is 7.55. The summed E-state index contributed by atoms with van der Waals surface area (Å²) in [5.41, 5.74) is 0.777. The molecule has 1 aromatic carbocycles. The first-order chi connectivity index (χ1) is 12.1. The standard InChI is InChI=1S/C18H19ClN2O3S/c19-13-3-5-14(6-4-13)21-9-7-16(18(21)23)17(22)20-8-11-25-12-15-2-1-10-24-15/h1-6,10,16H,7-9,11-12H2,(H,20,22)/t16-/m0/s1. The number of carbonyl (C=O) groups excluding carboxylic acids is 2. The minimum atomic E-state index is -0.606. The van der Waals surface area contributed by atoms with Gasteiger partial charge in [-0.3, -0.25) is 9.59 Å². The summed E-state index contributed by atoms with van der Waals surface area (Å²) in [7, 11) is 0. The van der Waals surface area contributed by atoms with Gasteiger partial charge in [0, 0.05) is 29.6 Å². The summed E-state index contributed by atoms with van der Waals surface area (Å²) in [4.78, 5) is 26.4. The maximum absolute atomic E-state index is 12.5. The highest BCUT2D eigenvalue weighted by Gasteiger charge is 2.37. The molecule has 0 radical (unpaired) electrons. The van der Waals surface area contributed by atoms with Crippen molar-refractivity contribution < 1.29 is 14.0 Å². The van der Waals surface area contributed by atoms with Crippen LogP contribution in [0, 0.1) is 5.92 Å². The Hall–Kier alpha value is -1.92. The van der Waals surface area contributed by atoms with E-state index < -0.39 is 5.92 Å². The Morgan fingerprint density at radius 1 is 1.32 bits per heavy atom. The van der Waals surface area contributed by atoms with Gasteiger partial charge < -0.3 is 14.6 Å².